The van der Waals surface area contributed by atoms with Gasteiger partial charge in [0, 0.05) is 31.8 Å². The highest BCUT2D eigenvalue weighted by Gasteiger charge is 2.48. The third kappa shape index (κ3) is 7.86. The van der Waals surface area contributed by atoms with Gasteiger partial charge >= 0.3 is 0 Å². The highest BCUT2D eigenvalue weighted by molar-refractivity contribution is 6.09. The first-order valence-corrected chi connectivity index (χ1v) is 13.0. The van der Waals surface area contributed by atoms with Gasteiger partial charge in [-0.2, -0.15) is 0 Å². The molecule has 1 heterocycles. The predicted molar refractivity (Wildman–Crippen MR) is 147 cm³/mol. The van der Waals surface area contributed by atoms with Crippen LogP contribution in [0.25, 0.3) is 0 Å². The lowest BCUT2D eigenvalue weighted by Gasteiger charge is -2.43. The van der Waals surface area contributed by atoms with Crippen molar-refractivity contribution in [1.29, 1.82) is 5.41 Å². The maximum Gasteiger partial charge on any atom is 0.248 e. The molecule has 39 heavy (non-hydrogen) atoms. The molecular formula is C29H38FN5O4. The van der Waals surface area contributed by atoms with Gasteiger partial charge < -0.3 is 31.4 Å². The van der Waals surface area contributed by atoms with Gasteiger partial charge in [0.1, 0.15) is 30.0 Å². The number of piperidine rings is 1. The van der Waals surface area contributed by atoms with Gasteiger partial charge in [-0.25, -0.2) is 4.39 Å². The maximum absolute atomic E-state index is 13.8. The standard InChI is InChI=1S/C29H38FN5O4/c1-20(30)17-33-27(38)29(16-21-10-6-4-7-11-21)19-35(15-14-24(29)31)25(36)23(34-26(37)28(2,3)32)18-39-22-12-8-5-9-13-22/h4-13,20,23,31H,14-19,32H2,1-3H3,(H,33,38)(H,34,37)/t20?,23?,29-/m0/s1. The SMILES string of the molecule is CC(F)CNC(=O)[C@@]1(Cc2ccccc2)CN(C(=O)C(COc2ccccc2)NC(=O)C(C)(C)N)CCC1=N. The van der Waals surface area contributed by atoms with Crippen molar-refractivity contribution < 1.29 is 23.5 Å². The van der Waals surface area contributed by atoms with E-state index in [1.165, 1.54) is 25.7 Å². The molecule has 2 aromatic carbocycles. The second kappa shape index (κ2) is 12.8. The van der Waals surface area contributed by atoms with Crippen molar-refractivity contribution in [3.05, 3.63) is 66.2 Å². The van der Waals surface area contributed by atoms with Crippen LogP contribution in [0.3, 0.4) is 0 Å². The van der Waals surface area contributed by atoms with E-state index >= 15 is 0 Å². The summed E-state index contributed by atoms with van der Waals surface area (Å²) >= 11 is 0. The second-order valence-corrected chi connectivity index (χ2v) is 10.6. The first-order valence-electron chi connectivity index (χ1n) is 13.0. The Labute approximate surface area is 228 Å². The summed E-state index contributed by atoms with van der Waals surface area (Å²) < 4.78 is 19.4. The largest absolute Gasteiger partial charge is 0.491 e. The van der Waals surface area contributed by atoms with E-state index in [9.17, 15) is 18.8 Å². The zero-order valence-corrected chi connectivity index (χ0v) is 22.7. The molecule has 0 radical (unpaired) electrons. The van der Waals surface area contributed by atoms with Crippen molar-refractivity contribution in [3.63, 3.8) is 0 Å². The van der Waals surface area contributed by atoms with Crippen LogP contribution in [0.2, 0.25) is 0 Å². The van der Waals surface area contributed by atoms with Gasteiger partial charge in [-0.05, 0) is 44.9 Å². The topological polar surface area (TPSA) is 138 Å². The molecule has 2 unspecified atom stereocenters. The van der Waals surface area contributed by atoms with Gasteiger partial charge in [0.15, 0.2) is 0 Å². The van der Waals surface area contributed by atoms with Gasteiger partial charge in [-0.3, -0.25) is 14.4 Å². The number of carbonyl (C=O) groups is 3. The number of alkyl halides is 1. The molecule has 3 atom stereocenters. The molecule has 3 rings (SSSR count). The fourth-order valence-electron chi connectivity index (χ4n) is 4.41. The molecule has 0 bridgehead atoms. The van der Waals surface area contributed by atoms with Crippen molar-refractivity contribution in [2.24, 2.45) is 11.1 Å². The van der Waals surface area contributed by atoms with Crippen LogP contribution in [0.1, 0.15) is 32.8 Å². The van der Waals surface area contributed by atoms with Crippen LogP contribution >= 0.6 is 0 Å². The zero-order valence-electron chi connectivity index (χ0n) is 22.7. The molecule has 0 aliphatic carbocycles. The predicted octanol–water partition coefficient (Wildman–Crippen LogP) is 2.24. The molecule has 1 aliphatic rings. The van der Waals surface area contributed by atoms with Gasteiger partial charge in [0.05, 0.1) is 5.54 Å². The molecule has 5 N–H and O–H groups in total. The maximum atomic E-state index is 13.8. The van der Waals surface area contributed by atoms with E-state index in [4.69, 9.17) is 15.9 Å². The van der Waals surface area contributed by atoms with Crippen molar-refractivity contribution in [2.75, 3.05) is 26.2 Å². The number of para-hydroxylation sites is 1. The summed E-state index contributed by atoms with van der Waals surface area (Å²) in [6.07, 6.45) is -0.955. The minimum atomic E-state index is -1.40. The number of benzene rings is 2. The number of nitrogens with zero attached hydrogens (tertiary/aromatic N) is 1. The summed E-state index contributed by atoms with van der Waals surface area (Å²) in [5.74, 6) is -0.981. The summed E-state index contributed by atoms with van der Waals surface area (Å²) in [6, 6.07) is 17.0. The lowest BCUT2D eigenvalue weighted by molar-refractivity contribution is -0.141. The molecule has 210 valence electrons. The Bertz CT molecular complexity index is 1150. The summed E-state index contributed by atoms with van der Waals surface area (Å²) in [6.45, 7) is 4.13. The lowest BCUT2D eigenvalue weighted by atomic mass is 9.72. The molecule has 1 aliphatic heterocycles. The average Bonchev–Trinajstić information content (AvgIpc) is 2.91. The number of nitrogens with two attached hydrogens (primary N) is 1. The molecule has 0 aromatic heterocycles. The molecular weight excluding hydrogens is 501 g/mol. The van der Waals surface area contributed by atoms with Crippen LogP contribution in [-0.4, -0.2) is 72.3 Å². The highest BCUT2D eigenvalue weighted by Crippen LogP contribution is 2.32. The molecule has 1 saturated heterocycles. The third-order valence-corrected chi connectivity index (χ3v) is 6.66. The van der Waals surface area contributed by atoms with E-state index in [1.54, 1.807) is 24.3 Å². The second-order valence-electron chi connectivity index (χ2n) is 10.6. The van der Waals surface area contributed by atoms with E-state index in [0.717, 1.165) is 5.56 Å². The van der Waals surface area contributed by atoms with Gasteiger partial charge in [-0.15, -0.1) is 0 Å². The van der Waals surface area contributed by atoms with Crippen LogP contribution in [0.4, 0.5) is 4.39 Å². The zero-order chi connectivity index (χ0) is 28.6. The number of likely N-dealkylation sites (tertiary alicyclic amines) is 1. The summed E-state index contributed by atoms with van der Waals surface area (Å²) in [5.41, 5.74) is 4.31. The normalized spacial score (nSPS) is 19.1. The Kier molecular flexibility index (Phi) is 9.80. The van der Waals surface area contributed by atoms with Crippen LogP contribution < -0.4 is 21.1 Å². The summed E-state index contributed by atoms with van der Waals surface area (Å²) in [4.78, 5) is 41.6. The molecule has 0 spiro atoms. The van der Waals surface area contributed by atoms with Crippen molar-refractivity contribution in [3.8, 4) is 5.75 Å². The van der Waals surface area contributed by atoms with E-state index in [1.807, 2.05) is 36.4 Å². The number of carbonyl (C=O) groups excluding carboxylic acids is 3. The Balaban J connectivity index is 1.90. The quantitative estimate of drug-likeness (QED) is 0.347. The number of nitrogens with one attached hydrogen (secondary N) is 3. The minimum Gasteiger partial charge on any atom is -0.491 e. The Morgan fingerprint density at radius 2 is 1.74 bits per heavy atom. The van der Waals surface area contributed by atoms with Gasteiger partial charge in [-0.1, -0.05) is 48.5 Å². The molecule has 9 nitrogen and oxygen atoms in total. The Morgan fingerprint density at radius 1 is 1.13 bits per heavy atom. The van der Waals surface area contributed by atoms with E-state index in [2.05, 4.69) is 10.6 Å². The first-order chi connectivity index (χ1) is 18.4. The first kappa shape index (κ1) is 29.8. The van der Waals surface area contributed by atoms with Crippen molar-refractivity contribution in [1.82, 2.24) is 15.5 Å². The van der Waals surface area contributed by atoms with Crippen molar-refractivity contribution >= 4 is 23.4 Å². The number of ether oxygens (including phenoxy) is 1. The number of halogens is 1. The third-order valence-electron chi connectivity index (χ3n) is 6.66. The van der Waals surface area contributed by atoms with Crippen molar-refractivity contribution in [2.45, 2.75) is 51.4 Å². The van der Waals surface area contributed by atoms with E-state index in [-0.39, 0.29) is 44.8 Å². The monoisotopic (exact) mass is 539 g/mol. The summed E-state index contributed by atoms with van der Waals surface area (Å²) in [7, 11) is 0. The molecule has 0 saturated carbocycles. The lowest BCUT2D eigenvalue weighted by Crippen LogP contribution is -2.63. The Morgan fingerprint density at radius 3 is 2.33 bits per heavy atom. The van der Waals surface area contributed by atoms with Gasteiger partial charge in [0.25, 0.3) is 0 Å². The molecule has 2 aromatic rings. The number of hydrogen-bond acceptors (Lipinski definition) is 6. The molecule has 3 amide bonds. The molecule has 10 heteroatoms. The highest BCUT2D eigenvalue weighted by atomic mass is 19.1. The minimum absolute atomic E-state index is 0.101. The Hall–Kier alpha value is -3.79. The fourth-order valence-corrected chi connectivity index (χ4v) is 4.41. The van der Waals surface area contributed by atoms with Crippen LogP contribution in [0, 0.1) is 10.8 Å². The van der Waals surface area contributed by atoms with E-state index in [0.29, 0.717) is 5.75 Å². The smallest absolute Gasteiger partial charge is 0.248 e. The number of amides is 3. The summed E-state index contributed by atoms with van der Waals surface area (Å²) in [5, 5.41) is 14.1. The van der Waals surface area contributed by atoms with Crippen LogP contribution in [0.15, 0.2) is 60.7 Å². The van der Waals surface area contributed by atoms with Crippen LogP contribution in [0.5, 0.6) is 5.75 Å². The number of hydrogen-bond donors (Lipinski definition) is 4. The number of rotatable bonds is 11. The van der Waals surface area contributed by atoms with E-state index < -0.39 is 40.9 Å². The fraction of sp³-hybridized carbons (Fsp3) is 0.448. The van der Waals surface area contributed by atoms with Crippen LogP contribution in [-0.2, 0) is 20.8 Å². The molecule has 1 fully saturated rings. The average molecular weight is 540 g/mol. The van der Waals surface area contributed by atoms with Gasteiger partial charge in [0.2, 0.25) is 17.7 Å².